The zero-order valence-corrected chi connectivity index (χ0v) is 10.8. The molecule has 94 valence electrons. The summed E-state index contributed by atoms with van der Waals surface area (Å²) in [6.07, 6.45) is 3.26. The van der Waals surface area contributed by atoms with E-state index in [0.717, 1.165) is 21.6 Å². The summed E-state index contributed by atoms with van der Waals surface area (Å²) < 4.78 is 0. The number of nitrogens with zero attached hydrogens (tertiary/aromatic N) is 4. The minimum atomic E-state index is 0.403. The lowest BCUT2D eigenvalue weighted by atomic mass is 10.2. The van der Waals surface area contributed by atoms with Gasteiger partial charge >= 0.3 is 0 Å². The fraction of sp³-hybridized carbons (Fsp3) is 0.0769. The van der Waals surface area contributed by atoms with Gasteiger partial charge < -0.3 is 5.73 Å². The lowest BCUT2D eigenvalue weighted by Crippen LogP contribution is -2.01. The van der Waals surface area contributed by atoms with Crippen molar-refractivity contribution in [3.8, 4) is 0 Å². The van der Waals surface area contributed by atoms with E-state index in [0.29, 0.717) is 11.7 Å². The predicted molar refractivity (Wildman–Crippen MR) is 73.6 cm³/mol. The Bertz CT molecular complexity index is 711. The Hall–Kier alpha value is -2.05. The van der Waals surface area contributed by atoms with E-state index in [4.69, 9.17) is 5.73 Å². The molecule has 0 unspecified atom stereocenters. The van der Waals surface area contributed by atoms with Gasteiger partial charge in [-0.05, 0) is 23.9 Å². The van der Waals surface area contributed by atoms with Crippen LogP contribution < -0.4 is 5.73 Å². The molecular formula is C13H11N5S. The van der Waals surface area contributed by atoms with Crippen LogP contribution in [0, 0.1) is 0 Å². The molecule has 0 aliphatic carbocycles. The molecule has 3 rings (SSSR count). The smallest absolute Gasteiger partial charge is 0.194 e. The summed E-state index contributed by atoms with van der Waals surface area (Å²) in [7, 11) is 0. The number of benzene rings is 1. The third-order valence-electron chi connectivity index (χ3n) is 2.59. The number of hydrogen-bond acceptors (Lipinski definition) is 6. The third kappa shape index (κ3) is 2.54. The van der Waals surface area contributed by atoms with Gasteiger partial charge in [-0.1, -0.05) is 18.2 Å². The van der Waals surface area contributed by atoms with Crippen molar-refractivity contribution in [3.63, 3.8) is 0 Å². The normalized spacial score (nSPS) is 10.8. The molecule has 0 bridgehead atoms. The SMILES string of the molecule is NCc1ccnc(Sc2ncnc3ccccc23)n1. The second-order valence-corrected chi connectivity index (χ2v) is 4.79. The summed E-state index contributed by atoms with van der Waals surface area (Å²) >= 11 is 1.42. The Morgan fingerprint density at radius 1 is 1.05 bits per heavy atom. The van der Waals surface area contributed by atoms with Crippen LogP contribution in [0.5, 0.6) is 0 Å². The van der Waals surface area contributed by atoms with Gasteiger partial charge in [0, 0.05) is 18.1 Å². The van der Waals surface area contributed by atoms with E-state index >= 15 is 0 Å². The second-order valence-electron chi connectivity index (χ2n) is 3.83. The molecule has 6 heteroatoms. The second kappa shape index (κ2) is 5.29. The first kappa shape index (κ1) is 12.0. The van der Waals surface area contributed by atoms with Crippen LogP contribution in [0.25, 0.3) is 10.9 Å². The van der Waals surface area contributed by atoms with Gasteiger partial charge in [0.05, 0.1) is 11.2 Å². The first-order valence-corrected chi connectivity index (χ1v) is 6.58. The maximum Gasteiger partial charge on any atom is 0.194 e. The number of nitrogens with two attached hydrogens (primary N) is 1. The number of para-hydroxylation sites is 1. The number of rotatable bonds is 3. The Kier molecular flexibility index (Phi) is 3.35. The van der Waals surface area contributed by atoms with Crippen LogP contribution in [0.4, 0.5) is 0 Å². The monoisotopic (exact) mass is 269 g/mol. The van der Waals surface area contributed by atoms with Gasteiger partial charge in [-0.3, -0.25) is 0 Å². The van der Waals surface area contributed by atoms with E-state index < -0.39 is 0 Å². The summed E-state index contributed by atoms with van der Waals surface area (Å²) in [6, 6.07) is 9.67. The Balaban J connectivity index is 2.01. The Morgan fingerprint density at radius 2 is 1.95 bits per heavy atom. The van der Waals surface area contributed by atoms with Gasteiger partial charge in [0.15, 0.2) is 5.16 Å². The summed E-state index contributed by atoms with van der Waals surface area (Å²) in [4.78, 5) is 17.1. The minimum Gasteiger partial charge on any atom is -0.325 e. The van der Waals surface area contributed by atoms with Gasteiger partial charge in [-0.25, -0.2) is 19.9 Å². The van der Waals surface area contributed by atoms with Crippen molar-refractivity contribution >= 4 is 22.7 Å². The van der Waals surface area contributed by atoms with Gasteiger partial charge in [0.25, 0.3) is 0 Å². The molecule has 0 atom stereocenters. The highest BCUT2D eigenvalue weighted by molar-refractivity contribution is 7.99. The van der Waals surface area contributed by atoms with E-state index in [1.165, 1.54) is 11.8 Å². The van der Waals surface area contributed by atoms with Gasteiger partial charge in [0.1, 0.15) is 11.4 Å². The molecule has 5 nitrogen and oxygen atoms in total. The summed E-state index contributed by atoms with van der Waals surface area (Å²) in [6.45, 7) is 0.403. The fourth-order valence-corrected chi connectivity index (χ4v) is 2.52. The Labute approximate surface area is 114 Å². The quantitative estimate of drug-likeness (QED) is 0.579. The van der Waals surface area contributed by atoms with Gasteiger partial charge in [-0.2, -0.15) is 0 Å². The lowest BCUT2D eigenvalue weighted by molar-refractivity contribution is 0.872. The van der Waals surface area contributed by atoms with Crippen molar-refractivity contribution in [2.24, 2.45) is 5.73 Å². The molecule has 2 N–H and O–H groups in total. The highest BCUT2D eigenvalue weighted by Gasteiger charge is 2.07. The average molecular weight is 269 g/mol. The molecule has 0 saturated carbocycles. The standard InChI is InChI=1S/C13H11N5S/c14-7-9-5-6-15-13(18-9)19-12-10-3-1-2-4-11(10)16-8-17-12/h1-6,8H,7,14H2. The highest BCUT2D eigenvalue weighted by atomic mass is 32.2. The molecule has 19 heavy (non-hydrogen) atoms. The van der Waals surface area contributed by atoms with E-state index in [1.54, 1.807) is 12.5 Å². The van der Waals surface area contributed by atoms with Crippen LogP contribution in [0.2, 0.25) is 0 Å². The molecular weight excluding hydrogens is 258 g/mol. The van der Waals surface area contributed by atoms with E-state index in [2.05, 4.69) is 19.9 Å². The first-order chi connectivity index (χ1) is 9.36. The summed E-state index contributed by atoms with van der Waals surface area (Å²) in [5.41, 5.74) is 7.31. The van der Waals surface area contributed by atoms with Crippen molar-refractivity contribution in [2.75, 3.05) is 0 Å². The molecule has 2 aromatic heterocycles. The minimum absolute atomic E-state index is 0.403. The molecule has 1 aromatic carbocycles. The highest BCUT2D eigenvalue weighted by Crippen LogP contribution is 2.28. The van der Waals surface area contributed by atoms with Crippen molar-refractivity contribution in [1.29, 1.82) is 0 Å². The maximum atomic E-state index is 5.58. The van der Waals surface area contributed by atoms with E-state index in [9.17, 15) is 0 Å². The largest absolute Gasteiger partial charge is 0.325 e. The molecule has 0 spiro atoms. The predicted octanol–water partition coefficient (Wildman–Crippen LogP) is 2.03. The molecule has 2 heterocycles. The van der Waals surface area contributed by atoms with Crippen LogP contribution >= 0.6 is 11.8 Å². The summed E-state index contributed by atoms with van der Waals surface area (Å²) in [5, 5.41) is 2.49. The van der Waals surface area contributed by atoms with Crippen molar-refractivity contribution in [1.82, 2.24) is 19.9 Å². The number of fused-ring (bicyclic) bond motifs is 1. The zero-order valence-electron chi connectivity index (χ0n) is 10.0. The van der Waals surface area contributed by atoms with Gasteiger partial charge in [-0.15, -0.1) is 0 Å². The van der Waals surface area contributed by atoms with Crippen LogP contribution in [-0.4, -0.2) is 19.9 Å². The molecule has 3 aromatic rings. The molecule has 0 amide bonds. The van der Waals surface area contributed by atoms with Crippen LogP contribution in [0.15, 0.2) is 53.0 Å². The fourth-order valence-electron chi connectivity index (χ4n) is 1.69. The Morgan fingerprint density at radius 3 is 2.84 bits per heavy atom. The van der Waals surface area contributed by atoms with Crippen LogP contribution in [-0.2, 0) is 6.54 Å². The molecule has 0 radical (unpaired) electrons. The van der Waals surface area contributed by atoms with E-state index in [-0.39, 0.29) is 0 Å². The first-order valence-electron chi connectivity index (χ1n) is 5.76. The topological polar surface area (TPSA) is 77.6 Å². The maximum absolute atomic E-state index is 5.58. The third-order valence-corrected chi connectivity index (χ3v) is 3.49. The van der Waals surface area contributed by atoms with Crippen LogP contribution in [0.1, 0.15) is 5.69 Å². The summed E-state index contributed by atoms with van der Waals surface area (Å²) in [5.74, 6) is 0. The van der Waals surface area contributed by atoms with E-state index in [1.807, 2.05) is 30.3 Å². The van der Waals surface area contributed by atoms with Crippen molar-refractivity contribution < 1.29 is 0 Å². The molecule has 0 fully saturated rings. The molecule has 0 aliphatic rings. The number of hydrogen-bond donors (Lipinski definition) is 1. The zero-order chi connectivity index (χ0) is 13.1. The molecule has 0 aliphatic heterocycles. The molecule has 0 saturated heterocycles. The van der Waals surface area contributed by atoms with Crippen molar-refractivity contribution in [3.05, 3.63) is 48.5 Å². The lowest BCUT2D eigenvalue weighted by Gasteiger charge is -2.04. The van der Waals surface area contributed by atoms with Crippen LogP contribution in [0.3, 0.4) is 0 Å². The van der Waals surface area contributed by atoms with Gasteiger partial charge in [0.2, 0.25) is 0 Å². The van der Waals surface area contributed by atoms with Crippen molar-refractivity contribution in [2.45, 2.75) is 16.7 Å². The average Bonchev–Trinajstić information content (AvgIpc) is 2.48. The number of aromatic nitrogens is 4.